The fraction of sp³-hybridized carbons (Fsp3) is 1.00. The van der Waals surface area contributed by atoms with E-state index < -0.39 is 0 Å². The molecule has 4 nitrogen and oxygen atoms in total. The molecule has 3 N–H and O–H groups in total. The fourth-order valence-corrected chi connectivity index (χ4v) is 2.49. The van der Waals surface area contributed by atoms with Gasteiger partial charge in [0.1, 0.15) is 0 Å². The molecule has 0 aromatic rings. The third kappa shape index (κ3) is 3.41. The molecule has 1 aliphatic heterocycles. The maximum Gasteiger partial charge on any atom is 0.0826 e. The first-order valence-electron chi connectivity index (χ1n) is 6.03. The van der Waals surface area contributed by atoms with Gasteiger partial charge < -0.3 is 20.7 Å². The average molecular weight is 213 g/mol. The quantitative estimate of drug-likeness (QED) is 0.681. The molecule has 0 aromatic heterocycles. The molecule has 0 radical (unpaired) electrons. The molecule has 0 amide bonds. The van der Waals surface area contributed by atoms with Crippen LogP contribution in [0.25, 0.3) is 0 Å². The maximum absolute atomic E-state index is 5.88. The van der Waals surface area contributed by atoms with Crippen LogP contribution in [0.2, 0.25) is 0 Å². The van der Waals surface area contributed by atoms with Crippen molar-refractivity contribution in [1.29, 1.82) is 0 Å². The Balaban J connectivity index is 1.64. The van der Waals surface area contributed by atoms with Gasteiger partial charge in [0, 0.05) is 31.7 Å². The Hall–Kier alpha value is -0.160. The molecule has 4 heteroatoms. The molecule has 1 saturated heterocycles. The Bertz CT molecular complexity index is 200. The van der Waals surface area contributed by atoms with Gasteiger partial charge in [0.15, 0.2) is 0 Å². The van der Waals surface area contributed by atoms with E-state index in [2.05, 4.69) is 17.3 Å². The predicted octanol–water partition coefficient (Wildman–Crippen LogP) is -0.214. The van der Waals surface area contributed by atoms with E-state index in [4.69, 9.17) is 10.5 Å². The standard InChI is InChI=1S/C11H23N3O/c1-14-4-5-15-11(8-14)7-13-10-3-2-9(12)6-10/h9-11,13H,2-8,12H2,1H3. The normalized spacial score (nSPS) is 38.4. The molecule has 15 heavy (non-hydrogen) atoms. The summed E-state index contributed by atoms with van der Waals surface area (Å²) in [5.41, 5.74) is 5.88. The minimum absolute atomic E-state index is 0.362. The molecule has 88 valence electrons. The number of rotatable bonds is 3. The number of hydrogen-bond acceptors (Lipinski definition) is 4. The highest BCUT2D eigenvalue weighted by molar-refractivity contribution is 4.84. The summed E-state index contributed by atoms with van der Waals surface area (Å²) >= 11 is 0. The second-order valence-electron chi connectivity index (χ2n) is 4.93. The summed E-state index contributed by atoms with van der Waals surface area (Å²) in [5, 5.41) is 3.57. The molecular weight excluding hydrogens is 190 g/mol. The minimum Gasteiger partial charge on any atom is -0.374 e. The molecule has 1 aliphatic carbocycles. The van der Waals surface area contributed by atoms with Gasteiger partial charge in [0.05, 0.1) is 12.7 Å². The third-order valence-electron chi connectivity index (χ3n) is 3.45. The van der Waals surface area contributed by atoms with Gasteiger partial charge in [-0.15, -0.1) is 0 Å². The maximum atomic E-state index is 5.88. The van der Waals surface area contributed by atoms with Gasteiger partial charge in [-0.05, 0) is 26.3 Å². The summed E-state index contributed by atoms with van der Waals surface area (Å²) < 4.78 is 5.70. The number of ether oxygens (including phenoxy) is 1. The van der Waals surface area contributed by atoms with Gasteiger partial charge in [-0.1, -0.05) is 0 Å². The van der Waals surface area contributed by atoms with Gasteiger partial charge in [-0.2, -0.15) is 0 Å². The molecule has 0 bridgehead atoms. The van der Waals surface area contributed by atoms with Crippen molar-refractivity contribution in [3.05, 3.63) is 0 Å². The van der Waals surface area contributed by atoms with Crippen molar-refractivity contribution in [1.82, 2.24) is 10.2 Å². The smallest absolute Gasteiger partial charge is 0.0826 e. The van der Waals surface area contributed by atoms with Crippen LogP contribution < -0.4 is 11.1 Å². The van der Waals surface area contributed by atoms with Crippen LogP contribution in [0.1, 0.15) is 19.3 Å². The number of likely N-dealkylation sites (N-methyl/N-ethyl adjacent to an activating group) is 1. The predicted molar refractivity (Wildman–Crippen MR) is 60.9 cm³/mol. The van der Waals surface area contributed by atoms with Crippen LogP contribution in [-0.4, -0.2) is 56.4 Å². The summed E-state index contributed by atoms with van der Waals surface area (Å²) in [4.78, 5) is 2.33. The Morgan fingerprint density at radius 3 is 3.00 bits per heavy atom. The first-order valence-corrected chi connectivity index (χ1v) is 6.03. The van der Waals surface area contributed by atoms with E-state index in [0.717, 1.165) is 32.7 Å². The lowest BCUT2D eigenvalue weighted by Gasteiger charge is -2.31. The van der Waals surface area contributed by atoms with E-state index in [1.54, 1.807) is 0 Å². The summed E-state index contributed by atoms with van der Waals surface area (Å²) in [6.07, 6.45) is 3.88. The van der Waals surface area contributed by atoms with Crippen LogP contribution in [0.4, 0.5) is 0 Å². The molecule has 2 fully saturated rings. The third-order valence-corrected chi connectivity index (χ3v) is 3.45. The van der Waals surface area contributed by atoms with Gasteiger partial charge in [-0.25, -0.2) is 0 Å². The first kappa shape index (κ1) is 11.3. The number of morpholine rings is 1. The van der Waals surface area contributed by atoms with Crippen molar-refractivity contribution in [2.45, 2.75) is 37.5 Å². The van der Waals surface area contributed by atoms with Crippen LogP contribution >= 0.6 is 0 Å². The fourth-order valence-electron chi connectivity index (χ4n) is 2.49. The lowest BCUT2D eigenvalue weighted by molar-refractivity contribution is -0.0192. The molecule has 1 heterocycles. The lowest BCUT2D eigenvalue weighted by Crippen LogP contribution is -2.46. The summed E-state index contributed by atoms with van der Waals surface area (Å²) in [7, 11) is 2.15. The van der Waals surface area contributed by atoms with Crippen LogP contribution in [0.3, 0.4) is 0 Å². The number of hydrogen-bond donors (Lipinski definition) is 2. The second kappa shape index (κ2) is 5.25. The molecule has 0 aromatic carbocycles. The SMILES string of the molecule is CN1CCOC(CNC2CCC(N)C2)C1. The molecule has 2 aliphatic rings. The van der Waals surface area contributed by atoms with E-state index >= 15 is 0 Å². The van der Waals surface area contributed by atoms with Crippen molar-refractivity contribution < 1.29 is 4.74 Å². The van der Waals surface area contributed by atoms with Gasteiger partial charge >= 0.3 is 0 Å². The first-order chi connectivity index (χ1) is 7.24. The van der Waals surface area contributed by atoms with E-state index in [9.17, 15) is 0 Å². The monoisotopic (exact) mass is 213 g/mol. The van der Waals surface area contributed by atoms with E-state index in [0.29, 0.717) is 18.2 Å². The Morgan fingerprint density at radius 1 is 1.47 bits per heavy atom. The highest BCUT2D eigenvalue weighted by Crippen LogP contribution is 2.17. The van der Waals surface area contributed by atoms with Crippen molar-refractivity contribution in [2.75, 3.05) is 33.3 Å². The topological polar surface area (TPSA) is 50.5 Å². The molecule has 2 rings (SSSR count). The Kier molecular flexibility index (Phi) is 3.97. The summed E-state index contributed by atoms with van der Waals surface area (Å²) in [5.74, 6) is 0. The van der Waals surface area contributed by atoms with Gasteiger partial charge in [0.2, 0.25) is 0 Å². The van der Waals surface area contributed by atoms with Crippen molar-refractivity contribution in [2.24, 2.45) is 5.73 Å². The van der Waals surface area contributed by atoms with Crippen molar-refractivity contribution in [3.8, 4) is 0 Å². The average Bonchev–Trinajstić information content (AvgIpc) is 2.62. The van der Waals surface area contributed by atoms with Crippen LogP contribution in [0.15, 0.2) is 0 Å². The summed E-state index contributed by atoms with van der Waals surface area (Å²) in [6, 6.07) is 1.04. The van der Waals surface area contributed by atoms with E-state index in [-0.39, 0.29) is 0 Å². The van der Waals surface area contributed by atoms with Crippen LogP contribution in [-0.2, 0) is 4.74 Å². The highest BCUT2D eigenvalue weighted by atomic mass is 16.5. The number of nitrogens with one attached hydrogen (secondary N) is 1. The number of nitrogens with zero attached hydrogens (tertiary/aromatic N) is 1. The molecule has 3 atom stereocenters. The minimum atomic E-state index is 0.362. The zero-order valence-corrected chi connectivity index (χ0v) is 9.61. The van der Waals surface area contributed by atoms with Crippen molar-refractivity contribution in [3.63, 3.8) is 0 Å². The molecule has 1 saturated carbocycles. The van der Waals surface area contributed by atoms with E-state index in [1.165, 1.54) is 12.8 Å². The zero-order chi connectivity index (χ0) is 10.7. The summed E-state index contributed by atoms with van der Waals surface area (Å²) in [6.45, 7) is 3.95. The second-order valence-corrected chi connectivity index (χ2v) is 4.93. The van der Waals surface area contributed by atoms with Crippen LogP contribution in [0, 0.1) is 0 Å². The van der Waals surface area contributed by atoms with Crippen molar-refractivity contribution >= 4 is 0 Å². The Labute approximate surface area is 92.1 Å². The molecule has 3 unspecified atom stereocenters. The van der Waals surface area contributed by atoms with Gasteiger partial charge in [-0.3, -0.25) is 0 Å². The van der Waals surface area contributed by atoms with Crippen LogP contribution in [0.5, 0.6) is 0 Å². The van der Waals surface area contributed by atoms with E-state index in [1.807, 2.05) is 0 Å². The Morgan fingerprint density at radius 2 is 2.33 bits per heavy atom. The largest absolute Gasteiger partial charge is 0.374 e. The molecule has 0 spiro atoms. The zero-order valence-electron chi connectivity index (χ0n) is 9.61. The molecular formula is C11H23N3O. The highest BCUT2D eigenvalue weighted by Gasteiger charge is 2.23. The number of nitrogens with two attached hydrogens (primary N) is 1. The lowest BCUT2D eigenvalue weighted by atomic mass is 10.2. The van der Waals surface area contributed by atoms with Gasteiger partial charge in [0.25, 0.3) is 0 Å².